The molecule has 0 unspecified atom stereocenters. The number of carbonyl (C=O) groups is 3. The summed E-state index contributed by atoms with van der Waals surface area (Å²) in [5.74, 6) is -1.05. The molecule has 1 saturated heterocycles. The molecule has 6 nitrogen and oxygen atoms in total. The highest BCUT2D eigenvalue weighted by Gasteiger charge is 2.36. The van der Waals surface area contributed by atoms with Crippen molar-refractivity contribution in [2.75, 3.05) is 4.90 Å². The summed E-state index contributed by atoms with van der Waals surface area (Å²) in [5, 5.41) is 9.41. The minimum absolute atomic E-state index is 0.138. The highest BCUT2D eigenvalue weighted by atomic mass is 35.5. The summed E-state index contributed by atoms with van der Waals surface area (Å²) in [5.41, 5.74) is 1.88. The van der Waals surface area contributed by atoms with Crippen LogP contribution in [0.2, 0.25) is 10.0 Å². The number of aromatic carboxylic acids is 1. The van der Waals surface area contributed by atoms with Gasteiger partial charge in [0, 0.05) is 5.02 Å². The minimum Gasteiger partial charge on any atom is -0.487 e. The van der Waals surface area contributed by atoms with Crippen LogP contribution in [0.25, 0.3) is 6.08 Å². The van der Waals surface area contributed by atoms with Crippen LogP contribution >= 0.6 is 35.0 Å². The zero-order chi connectivity index (χ0) is 23.5. The van der Waals surface area contributed by atoms with Crippen LogP contribution in [0, 0.1) is 0 Å². The molecule has 1 N–H and O–H groups in total. The molecule has 4 rings (SSSR count). The molecule has 0 saturated carbocycles. The average molecular weight is 500 g/mol. The second-order valence-corrected chi connectivity index (χ2v) is 8.82. The number of anilines is 1. The first-order valence-electron chi connectivity index (χ1n) is 9.60. The van der Waals surface area contributed by atoms with Crippen molar-refractivity contribution < 1.29 is 24.2 Å². The minimum atomic E-state index is -1.01. The van der Waals surface area contributed by atoms with Crippen LogP contribution in [0.1, 0.15) is 21.5 Å². The van der Waals surface area contributed by atoms with Crippen molar-refractivity contribution in [2.45, 2.75) is 6.61 Å². The van der Waals surface area contributed by atoms with Crippen molar-refractivity contribution in [1.82, 2.24) is 0 Å². The summed E-state index contributed by atoms with van der Waals surface area (Å²) >= 11 is 13.1. The molecule has 3 aromatic carbocycles. The number of nitrogens with zero attached hydrogens (tertiary/aromatic N) is 1. The maximum absolute atomic E-state index is 12.8. The van der Waals surface area contributed by atoms with Gasteiger partial charge in [0.1, 0.15) is 12.4 Å². The van der Waals surface area contributed by atoms with Gasteiger partial charge in [-0.05, 0) is 71.4 Å². The van der Waals surface area contributed by atoms with E-state index in [2.05, 4.69) is 0 Å². The largest absolute Gasteiger partial charge is 0.487 e. The van der Waals surface area contributed by atoms with Crippen molar-refractivity contribution in [3.63, 3.8) is 0 Å². The molecular weight excluding hydrogens is 485 g/mol. The van der Waals surface area contributed by atoms with Gasteiger partial charge >= 0.3 is 5.97 Å². The number of benzene rings is 3. The van der Waals surface area contributed by atoms with E-state index in [9.17, 15) is 14.4 Å². The van der Waals surface area contributed by atoms with Crippen LogP contribution in [0.15, 0.2) is 71.6 Å². The number of halogens is 2. The Balaban J connectivity index is 1.49. The van der Waals surface area contributed by atoms with Crippen LogP contribution in [0.4, 0.5) is 10.5 Å². The van der Waals surface area contributed by atoms with Crippen molar-refractivity contribution in [3.05, 3.63) is 98.4 Å². The summed E-state index contributed by atoms with van der Waals surface area (Å²) in [4.78, 5) is 37.6. The zero-order valence-corrected chi connectivity index (χ0v) is 19.2. The topological polar surface area (TPSA) is 83.9 Å². The molecule has 33 heavy (non-hydrogen) atoms. The van der Waals surface area contributed by atoms with E-state index in [4.69, 9.17) is 33.0 Å². The van der Waals surface area contributed by atoms with Gasteiger partial charge in [-0.15, -0.1) is 0 Å². The molecule has 1 fully saturated rings. The molecule has 0 radical (unpaired) electrons. The van der Waals surface area contributed by atoms with Gasteiger partial charge in [-0.2, -0.15) is 0 Å². The van der Waals surface area contributed by atoms with E-state index in [1.165, 1.54) is 12.1 Å². The lowest BCUT2D eigenvalue weighted by molar-refractivity contribution is -0.113. The van der Waals surface area contributed by atoms with Gasteiger partial charge in [0.2, 0.25) is 0 Å². The number of ether oxygens (including phenoxy) is 1. The Morgan fingerprint density at radius 2 is 1.82 bits per heavy atom. The SMILES string of the molecule is O=C(O)c1cccc(COc2ccc(/C=C3/SC(=O)N(c4cccc(Cl)c4)C3=O)cc2Cl)c1. The lowest BCUT2D eigenvalue weighted by atomic mass is 10.1. The molecule has 0 aliphatic carbocycles. The number of hydrogen-bond acceptors (Lipinski definition) is 5. The predicted molar refractivity (Wildman–Crippen MR) is 129 cm³/mol. The highest BCUT2D eigenvalue weighted by Crippen LogP contribution is 2.37. The van der Waals surface area contributed by atoms with Gasteiger partial charge in [0.15, 0.2) is 0 Å². The Morgan fingerprint density at radius 3 is 2.55 bits per heavy atom. The number of imide groups is 1. The van der Waals surface area contributed by atoms with Crippen molar-refractivity contribution in [3.8, 4) is 5.75 Å². The average Bonchev–Trinajstić information content (AvgIpc) is 3.06. The Labute approximate surface area is 203 Å². The number of thioether (sulfide) groups is 1. The highest BCUT2D eigenvalue weighted by molar-refractivity contribution is 8.19. The Hall–Kier alpha value is -3.26. The molecule has 0 spiro atoms. The van der Waals surface area contributed by atoms with Gasteiger partial charge in [0.05, 0.1) is 21.2 Å². The third kappa shape index (κ3) is 5.22. The first-order valence-corrected chi connectivity index (χ1v) is 11.2. The number of carboxylic acids is 1. The van der Waals surface area contributed by atoms with E-state index in [-0.39, 0.29) is 17.1 Å². The molecule has 1 aliphatic heterocycles. The van der Waals surface area contributed by atoms with Crippen LogP contribution in [0.5, 0.6) is 5.75 Å². The van der Waals surface area contributed by atoms with E-state index in [0.717, 1.165) is 16.7 Å². The molecule has 166 valence electrons. The standard InChI is InChI=1S/C24H15Cl2NO5S/c25-17-5-2-6-18(12-17)27-22(28)21(33-24(27)31)11-14-7-8-20(19(26)10-14)32-13-15-3-1-4-16(9-15)23(29)30/h1-12H,13H2,(H,29,30)/b21-11+. The van der Waals surface area contributed by atoms with Gasteiger partial charge in [-0.1, -0.05) is 47.5 Å². The van der Waals surface area contributed by atoms with Gasteiger partial charge in [0.25, 0.3) is 11.1 Å². The molecule has 3 aromatic rings. The quantitative estimate of drug-likeness (QED) is 0.389. The van der Waals surface area contributed by atoms with Crippen molar-refractivity contribution in [1.29, 1.82) is 0 Å². The fourth-order valence-corrected chi connectivity index (χ4v) is 4.41. The van der Waals surface area contributed by atoms with Gasteiger partial charge < -0.3 is 9.84 Å². The molecule has 0 aromatic heterocycles. The molecule has 0 atom stereocenters. The molecule has 1 aliphatic rings. The first kappa shape index (κ1) is 22.9. The van der Waals surface area contributed by atoms with E-state index in [1.54, 1.807) is 60.7 Å². The number of rotatable bonds is 6. The van der Waals surface area contributed by atoms with E-state index >= 15 is 0 Å². The smallest absolute Gasteiger partial charge is 0.335 e. The Kier molecular flexibility index (Phi) is 6.74. The second kappa shape index (κ2) is 9.70. The van der Waals surface area contributed by atoms with Crippen molar-refractivity contribution in [2.24, 2.45) is 0 Å². The van der Waals surface area contributed by atoms with Crippen LogP contribution in [-0.2, 0) is 11.4 Å². The number of hydrogen-bond donors (Lipinski definition) is 1. The summed E-state index contributed by atoms with van der Waals surface area (Å²) in [6.45, 7) is 0.138. The van der Waals surface area contributed by atoms with E-state index in [0.29, 0.717) is 32.6 Å². The molecular formula is C24H15Cl2NO5S. The fourth-order valence-electron chi connectivity index (χ4n) is 3.14. The fraction of sp³-hybridized carbons (Fsp3) is 0.0417. The monoisotopic (exact) mass is 499 g/mol. The molecule has 1 heterocycles. The van der Waals surface area contributed by atoms with Crippen molar-refractivity contribution >= 4 is 63.8 Å². The molecule has 0 bridgehead atoms. The van der Waals surface area contributed by atoms with Crippen LogP contribution in [0.3, 0.4) is 0 Å². The first-order chi connectivity index (χ1) is 15.8. The van der Waals surface area contributed by atoms with Crippen LogP contribution in [-0.4, -0.2) is 22.2 Å². The number of carbonyl (C=O) groups excluding carboxylic acids is 2. The molecule has 2 amide bonds. The van der Waals surface area contributed by atoms with Gasteiger partial charge in [-0.3, -0.25) is 9.59 Å². The summed E-state index contributed by atoms with van der Waals surface area (Å²) in [6, 6.07) is 17.9. The maximum Gasteiger partial charge on any atom is 0.335 e. The maximum atomic E-state index is 12.8. The third-order valence-electron chi connectivity index (χ3n) is 4.68. The number of carboxylic acid groups (broad SMARTS) is 1. The van der Waals surface area contributed by atoms with E-state index < -0.39 is 17.1 Å². The van der Waals surface area contributed by atoms with E-state index in [1.807, 2.05) is 0 Å². The normalized spacial score (nSPS) is 14.7. The molecule has 9 heteroatoms. The van der Waals surface area contributed by atoms with Crippen LogP contribution < -0.4 is 9.64 Å². The summed E-state index contributed by atoms with van der Waals surface area (Å²) in [7, 11) is 0. The second-order valence-electron chi connectivity index (χ2n) is 6.98. The Morgan fingerprint density at radius 1 is 1.03 bits per heavy atom. The predicted octanol–water partition coefficient (Wildman–Crippen LogP) is 6.51. The number of amides is 2. The summed E-state index contributed by atoms with van der Waals surface area (Å²) in [6.07, 6.45) is 1.58. The summed E-state index contributed by atoms with van der Waals surface area (Å²) < 4.78 is 5.71. The third-order valence-corrected chi connectivity index (χ3v) is 6.08. The Bertz CT molecular complexity index is 1310. The lowest BCUT2D eigenvalue weighted by Gasteiger charge is -2.12. The lowest BCUT2D eigenvalue weighted by Crippen LogP contribution is -2.27. The zero-order valence-electron chi connectivity index (χ0n) is 16.8. The van der Waals surface area contributed by atoms with Gasteiger partial charge in [-0.25, -0.2) is 9.69 Å².